The maximum absolute atomic E-state index is 13.7. The van der Waals surface area contributed by atoms with Gasteiger partial charge in [0, 0.05) is 47.0 Å². The van der Waals surface area contributed by atoms with Crippen LogP contribution in [0.3, 0.4) is 0 Å². The molecule has 0 spiro atoms. The van der Waals surface area contributed by atoms with E-state index < -0.39 is 0 Å². The van der Waals surface area contributed by atoms with Crippen molar-refractivity contribution in [3.05, 3.63) is 81.4 Å². The van der Waals surface area contributed by atoms with Crippen LogP contribution in [0.5, 0.6) is 11.5 Å². The monoisotopic (exact) mass is 496 g/mol. The van der Waals surface area contributed by atoms with Crippen molar-refractivity contribution in [2.24, 2.45) is 0 Å². The van der Waals surface area contributed by atoms with Crippen LogP contribution >= 0.6 is 23.4 Å². The molecule has 0 aliphatic carbocycles. The zero-order valence-electron chi connectivity index (χ0n) is 19.0. The molecule has 0 radical (unpaired) electrons. The summed E-state index contributed by atoms with van der Waals surface area (Å²) >= 11 is 8.21. The normalized spacial score (nSPS) is 12.7. The van der Waals surface area contributed by atoms with Gasteiger partial charge >= 0.3 is 0 Å². The highest BCUT2D eigenvalue weighted by molar-refractivity contribution is 7.98. The van der Waals surface area contributed by atoms with Crippen molar-refractivity contribution in [2.45, 2.75) is 24.5 Å². The third kappa shape index (κ3) is 4.66. The summed E-state index contributed by atoms with van der Waals surface area (Å²) in [4.78, 5) is 16.9. The summed E-state index contributed by atoms with van der Waals surface area (Å²) in [6.07, 6.45) is 5.74. The minimum atomic E-state index is -0.0228. The molecule has 0 atom stereocenters. The maximum Gasteiger partial charge on any atom is 0.255 e. The molecule has 0 amide bonds. The number of nitrogens with zero attached hydrogens (tertiary/aromatic N) is 4. The molecule has 34 heavy (non-hydrogen) atoms. The molecule has 2 aromatic heterocycles. The van der Waals surface area contributed by atoms with E-state index in [1.807, 2.05) is 46.9 Å². The Morgan fingerprint density at radius 2 is 1.97 bits per heavy atom. The van der Waals surface area contributed by atoms with Crippen LogP contribution in [0, 0.1) is 0 Å². The molecule has 0 saturated carbocycles. The second-order valence-electron chi connectivity index (χ2n) is 8.29. The molecule has 0 N–H and O–H groups in total. The molecule has 4 aromatic rings. The quantitative estimate of drug-likeness (QED) is 0.335. The van der Waals surface area contributed by atoms with Gasteiger partial charge in [0.05, 0.1) is 18.6 Å². The molecule has 2 aromatic carbocycles. The zero-order valence-corrected chi connectivity index (χ0v) is 20.6. The van der Waals surface area contributed by atoms with Crippen LogP contribution in [0.2, 0.25) is 5.02 Å². The summed E-state index contributed by atoms with van der Waals surface area (Å²) < 4.78 is 14.7. The molecular weight excluding hydrogens is 472 g/mol. The number of pyridine rings is 1. The van der Waals surface area contributed by atoms with Crippen LogP contribution in [0.4, 0.5) is 0 Å². The molecule has 5 rings (SSSR count). The number of fused-ring (bicyclic) bond motifs is 2. The van der Waals surface area contributed by atoms with Crippen molar-refractivity contribution in [3.8, 4) is 11.5 Å². The number of halogens is 1. The first-order valence-electron chi connectivity index (χ1n) is 11.0. The van der Waals surface area contributed by atoms with E-state index in [1.165, 1.54) is 0 Å². The Morgan fingerprint density at radius 1 is 1.15 bits per heavy atom. The average Bonchev–Trinajstić information content (AvgIpc) is 3.52. The maximum atomic E-state index is 13.7. The van der Waals surface area contributed by atoms with Crippen molar-refractivity contribution in [3.63, 3.8) is 0 Å². The topological polar surface area (TPSA) is 61.5 Å². The third-order valence-electron chi connectivity index (χ3n) is 5.96. The van der Waals surface area contributed by atoms with E-state index >= 15 is 0 Å². The highest BCUT2D eigenvalue weighted by atomic mass is 35.5. The van der Waals surface area contributed by atoms with E-state index in [4.69, 9.17) is 21.1 Å². The van der Waals surface area contributed by atoms with E-state index in [2.05, 4.69) is 28.2 Å². The SMILES string of the molecule is CSc1ccc2cc(CN(C)CCn3cccn3)c(=O)n(Cc3cc4c(cc3Cl)OCO4)c2c1. The number of thioether (sulfide) groups is 1. The Labute approximate surface area is 206 Å². The lowest BCUT2D eigenvalue weighted by Crippen LogP contribution is -2.30. The summed E-state index contributed by atoms with van der Waals surface area (Å²) in [6, 6.07) is 13.8. The second kappa shape index (κ2) is 9.74. The second-order valence-corrected chi connectivity index (χ2v) is 9.58. The van der Waals surface area contributed by atoms with Crippen LogP contribution < -0.4 is 15.0 Å². The molecule has 7 nitrogen and oxygen atoms in total. The molecule has 0 saturated heterocycles. The van der Waals surface area contributed by atoms with Gasteiger partial charge in [0.15, 0.2) is 11.5 Å². The molecule has 9 heteroatoms. The third-order valence-corrected chi connectivity index (χ3v) is 7.04. The summed E-state index contributed by atoms with van der Waals surface area (Å²) in [5, 5.41) is 5.82. The first-order valence-corrected chi connectivity index (χ1v) is 12.6. The summed E-state index contributed by atoms with van der Waals surface area (Å²) in [5.74, 6) is 1.28. The summed E-state index contributed by atoms with van der Waals surface area (Å²) in [5.41, 5.74) is 2.41. The number of aromatic nitrogens is 3. The number of hydrogen-bond acceptors (Lipinski definition) is 6. The van der Waals surface area contributed by atoms with E-state index in [-0.39, 0.29) is 12.4 Å². The van der Waals surface area contributed by atoms with Crippen LogP contribution in [0.1, 0.15) is 11.1 Å². The molecule has 1 aliphatic heterocycles. The Bertz CT molecular complexity index is 1390. The molecule has 176 valence electrons. The standard InChI is InChI=1S/C25H25ClN4O3S/c1-28(8-9-29-7-3-6-27-29)14-19-10-17-4-5-20(34-2)12-22(17)30(25(19)31)15-18-11-23-24(13-21(18)26)33-16-32-23/h3-7,10-13H,8-9,14-16H2,1-2H3. The molecular formula is C25H25ClN4O3S. The van der Waals surface area contributed by atoms with Gasteiger partial charge in [-0.1, -0.05) is 17.7 Å². The smallest absolute Gasteiger partial charge is 0.255 e. The summed E-state index contributed by atoms with van der Waals surface area (Å²) in [7, 11) is 2.02. The largest absolute Gasteiger partial charge is 0.454 e. The average molecular weight is 497 g/mol. The lowest BCUT2D eigenvalue weighted by molar-refractivity contribution is 0.174. The lowest BCUT2D eigenvalue weighted by Gasteiger charge is -2.19. The number of likely N-dealkylation sites (N-methyl/N-ethyl adjacent to an activating group) is 1. The van der Waals surface area contributed by atoms with Gasteiger partial charge in [0.1, 0.15) is 0 Å². The van der Waals surface area contributed by atoms with Gasteiger partial charge in [-0.15, -0.1) is 11.8 Å². The van der Waals surface area contributed by atoms with Crippen LogP contribution in [-0.2, 0) is 19.6 Å². The van der Waals surface area contributed by atoms with Crippen molar-refractivity contribution in [2.75, 3.05) is 26.6 Å². The first kappa shape index (κ1) is 22.8. The van der Waals surface area contributed by atoms with Crippen molar-refractivity contribution < 1.29 is 9.47 Å². The van der Waals surface area contributed by atoms with E-state index in [0.29, 0.717) is 29.6 Å². The zero-order chi connectivity index (χ0) is 23.7. The Hall–Kier alpha value is -2.94. The van der Waals surface area contributed by atoms with E-state index in [9.17, 15) is 4.79 Å². The highest BCUT2D eigenvalue weighted by Crippen LogP contribution is 2.37. The Morgan fingerprint density at radius 3 is 2.74 bits per heavy atom. The fraction of sp³-hybridized carbons (Fsp3) is 0.280. The van der Waals surface area contributed by atoms with Gasteiger partial charge in [-0.3, -0.25) is 9.48 Å². The van der Waals surface area contributed by atoms with Crippen LogP contribution in [0.15, 0.2) is 64.5 Å². The Kier molecular flexibility index (Phi) is 6.54. The lowest BCUT2D eigenvalue weighted by atomic mass is 10.1. The van der Waals surface area contributed by atoms with Gasteiger partial charge in [0.25, 0.3) is 5.56 Å². The Balaban J connectivity index is 1.51. The molecule has 1 aliphatic rings. The number of benzene rings is 2. The number of hydrogen-bond donors (Lipinski definition) is 0. The van der Waals surface area contributed by atoms with Crippen LogP contribution in [0.25, 0.3) is 10.9 Å². The van der Waals surface area contributed by atoms with Gasteiger partial charge < -0.3 is 18.9 Å². The van der Waals surface area contributed by atoms with Crippen LogP contribution in [-0.4, -0.2) is 45.9 Å². The number of ether oxygens (including phenoxy) is 2. The predicted octanol–water partition coefficient (Wildman–Crippen LogP) is 4.48. The summed E-state index contributed by atoms with van der Waals surface area (Å²) in [6.45, 7) is 2.59. The van der Waals surface area contributed by atoms with E-state index in [1.54, 1.807) is 24.0 Å². The molecule has 3 heterocycles. The van der Waals surface area contributed by atoms with Gasteiger partial charge in [-0.25, -0.2) is 0 Å². The fourth-order valence-electron chi connectivity index (χ4n) is 4.14. The first-order chi connectivity index (χ1) is 16.5. The minimum absolute atomic E-state index is 0.0228. The molecule has 0 unspecified atom stereocenters. The van der Waals surface area contributed by atoms with Gasteiger partial charge in [0.2, 0.25) is 6.79 Å². The van der Waals surface area contributed by atoms with Crippen molar-refractivity contribution in [1.29, 1.82) is 0 Å². The highest BCUT2D eigenvalue weighted by Gasteiger charge is 2.19. The van der Waals surface area contributed by atoms with Gasteiger partial charge in [-0.05, 0) is 54.6 Å². The van der Waals surface area contributed by atoms with E-state index in [0.717, 1.165) is 40.0 Å². The number of rotatable bonds is 8. The van der Waals surface area contributed by atoms with Gasteiger partial charge in [-0.2, -0.15) is 5.10 Å². The molecule has 0 bridgehead atoms. The predicted molar refractivity (Wildman–Crippen MR) is 135 cm³/mol. The van der Waals surface area contributed by atoms with Crippen molar-refractivity contribution in [1.82, 2.24) is 19.2 Å². The molecule has 0 fully saturated rings. The minimum Gasteiger partial charge on any atom is -0.454 e. The fourth-order valence-corrected chi connectivity index (χ4v) is 4.78. The van der Waals surface area contributed by atoms with Crippen molar-refractivity contribution >= 4 is 34.3 Å².